The highest BCUT2D eigenvalue weighted by molar-refractivity contribution is 5.92. The first kappa shape index (κ1) is 15.0. The standard InChI is InChI=1S/C17H20F2N2O2/c18-10-7-12(19)15(20-8-10)17(22)21-14-11-5-6-23-16(11)13(14)9-3-1-2-4-9/h7-9,11,13-14,16H,1-6H2,(H,21,22)/t11-,13+,14-,16-/m0/s1. The molecule has 2 aliphatic carbocycles. The van der Waals surface area contributed by atoms with Crippen LogP contribution in [0.15, 0.2) is 12.3 Å². The number of hydrogen-bond acceptors (Lipinski definition) is 3. The van der Waals surface area contributed by atoms with Gasteiger partial charge in [0.25, 0.3) is 5.91 Å². The van der Waals surface area contributed by atoms with Crippen LogP contribution in [0.2, 0.25) is 0 Å². The number of amides is 1. The summed E-state index contributed by atoms with van der Waals surface area (Å²) in [5, 5.41) is 2.95. The lowest BCUT2D eigenvalue weighted by molar-refractivity contribution is -0.0785. The average molecular weight is 322 g/mol. The van der Waals surface area contributed by atoms with Crippen LogP contribution >= 0.6 is 0 Å². The summed E-state index contributed by atoms with van der Waals surface area (Å²) in [5.41, 5.74) is -0.334. The monoisotopic (exact) mass is 322 g/mol. The minimum Gasteiger partial charge on any atom is -0.377 e. The molecule has 4 rings (SSSR count). The molecule has 1 N–H and O–H groups in total. The van der Waals surface area contributed by atoms with Gasteiger partial charge in [0.2, 0.25) is 0 Å². The second-order valence-electron chi connectivity index (χ2n) is 6.89. The van der Waals surface area contributed by atoms with Gasteiger partial charge in [0.1, 0.15) is 5.82 Å². The van der Waals surface area contributed by atoms with Gasteiger partial charge < -0.3 is 10.1 Å². The molecule has 3 aliphatic rings. The molecule has 1 saturated heterocycles. The molecule has 1 aliphatic heterocycles. The summed E-state index contributed by atoms with van der Waals surface area (Å²) in [4.78, 5) is 16.0. The van der Waals surface area contributed by atoms with E-state index in [1.807, 2.05) is 0 Å². The normalized spacial score (nSPS) is 33.3. The van der Waals surface area contributed by atoms with Gasteiger partial charge >= 0.3 is 0 Å². The zero-order valence-electron chi connectivity index (χ0n) is 12.8. The summed E-state index contributed by atoms with van der Waals surface area (Å²) in [6.45, 7) is 0.730. The van der Waals surface area contributed by atoms with Crippen LogP contribution in [0.25, 0.3) is 0 Å². The molecule has 4 nitrogen and oxygen atoms in total. The number of ether oxygens (including phenoxy) is 1. The van der Waals surface area contributed by atoms with Crippen LogP contribution in [0.3, 0.4) is 0 Å². The number of pyridine rings is 1. The molecule has 6 heteroatoms. The van der Waals surface area contributed by atoms with Crippen molar-refractivity contribution >= 4 is 5.91 Å². The van der Waals surface area contributed by atoms with Gasteiger partial charge in [-0.15, -0.1) is 0 Å². The molecule has 1 aromatic rings. The number of halogens is 2. The third-order valence-electron chi connectivity index (χ3n) is 5.70. The van der Waals surface area contributed by atoms with E-state index in [0.29, 0.717) is 23.8 Å². The molecule has 1 amide bonds. The van der Waals surface area contributed by atoms with Crippen LogP contribution in [-0.2, 0) is 4.74 Å². The number of aromatic nitrogens is 1. The minimum atomic E-state index is -0.918. The molecule has 124 valence electrons. The maximum absolute atomic E-state index is 13.8. The van der Waals surface area contributed by atoms with Gasteiger partial charge in [0.15, 0.2) is 11.5 Å². The number of nitrogens with zero attached hydrogens (tertiary/aromatic N) is 1. The Morgan fingerprint density at radius 2 is 2.04 bits per heavy atom. The van der Waals surface area contributed by atoms with E-state index in [1.54, 1.807) is 0 Å². The molecule has 23 heavy (non-hydrogen) atoms. The number of carbonyl (C=O) groups is 1. The highest BCUT2D eigenvalue weighted by Crippen LogP contribution is 2.51. The molecule has 2 saturated carbocycles. The highest BCUT2D eigenvalue weighted by atomic mass is 19.1. The number of nitrogens with one attached hydrogen (secondary N) is 1. The fraction of sp³-hybridized carbons (Fsp3) is 0.647. The molecular weight excluding hydrogens is 302 g/mol. The van der Waals surface area contributed by atoms with Crippen molar-refractivity contribution < 1.29 is 18.3 Å². The molecule has 1 aromatic heterocycles. The Balaban J connectivity index is 1.51. The lowest BCUT2D eigenvalue weighted by atomic mass is 9.61. The van der Waals surface area contributed by atoms with Gasteiger partial charge in [-0.05, 0) is 12.3 Å². The summed E-state index contributed by atoms with van der Waals surface area (Å²) >= 11 is 0. The van der Waals surface area contributed by atoms with E-state index in [-0.39, 0.29) is 17.8 Å². The van der Waals surface area contributed by atoms with E-state index in [9.17, 15) is 13.6 Å². The van der Waals surface area contributed by atoms with E-state index in [1.165, 1.54) is 25.7 Å². The van der Waals surface area contributed by atoms with Gasteiger partial charge in [-0.2, -0.15) is 0 Å². The zero-order valence-corrected chi connectivity index (χ0v) is 12.8. The van der Waals surface area contributed by atoms with E-state index in [0.717, 1.165) is 19.2 Å². The van der Waals surface area contributed by atoms with Crippen LogP contribution < -0.4 is 5.32 Å². The summed E-state index contributed by atoms with van der Waals surface area (Å²) in [7, 11) is 0. The van der Waals surface area contributed by atoms with Crippen molar-refractivity contribution in [3.63, 3.8) is 0 Å². The van der Waals surface area contributed by atoms with Gasteiger partial charge in [0.05, 0.1) is 12.3 Å². The second-order valence-corrected chi connectivity index (χ2v) is 6.89. The third kappa shape index (κ3) is 2.53. The van der Waals surface area contributed by atoms with Gasteiger partial charge in [0, 0.05) is 30.6 Å². The fourth-order valence-electron chi connectivity index (χ4n) is 4.66. The Hall–Kier alpha value is -1.56. The molecule has 4 atom stereocenters. The van der Waals surface area contributed by atoms with E-state index in [4.69, 9.17) is 4.74 Å². The Kier molecular flexibility index (Phi) is 3.79. The van der Waals surface area contributed by atoms with E-state index >= 15 is 0 Å². The lowest BCUT2D eigenvalue weighted by Gasteiger charge is -2.50. The maximum atomic E-state index is 13.8. The fourth-order valence-corrected chi connectivity index (χ4v) is 4.66. The van der Waals surface area contributed by atoms with Crippen LogP contribution in [0.4, 0.5) is 8.78 Å². The van der Waals surface area contributed by atoms with E-state index in [2.05, 4.69) is 10.3 Å². The molecule has 0 spiro atoms. The first-order chi connectivity index (χ1) is 11.1. The molecule has 3 fully saturated rings. The van der Waals surface area contributed by atoms with Crippen LogP contribution in [-0.4, -0.2) is 29.6 Å². The smallest absolute Gasteiger partial charge is 0.273 e. The van der Waals surface area contributed by atoms with Crippen molar-refractivity contribution in [3.05, 3.63) is 29.6 Å². The van der Waals surface area contributed by atoms with Crippen molar-refractivity contribution in [2.75, 3.05) is 6.61 Å². The van der Waals surface area contributed by atoms with Crippen LogP contribution in [0, 0.1) is 29.4 Å². The number of rotatable bonds is 3. The largest absolute Gasteiger partial charge is 0.377 e. The second kappa shape index (κ2) is 5.82. The number of carbonyl (C=O) groups excluding carboxylic acids is 1. The summed E-state index contributed by atoms with van der Waals surface area (Å²) in [5.74, 6) is -1.05. The van der Waals surface area contributed by atoms with Crippen molar-refractivity contribution in [2.24, 2.45) is 17.8 Å². The molecule has 0 aromatic carbocycles. The van der Waals surface area contributed by atoms with Gasteiger partial charge in [-0.3, -0.25) is 4.79 Å². The molecule has 2 heterocycles. The Bertz CT molecular complexity index is 614. The quantitative estimate of drug-likeness (QED) is 0.931. The van der Waals surface area contributed by atoms with Crippen molar-refractivity contribution in [1.82, 2.24) is 10.3 Å². The number of fused-ring (bicyclic) bond motifs is 1. The Morgan fingerprint density at radius 3 is 2.78 bits per heavy atom. The summed E-state index contributed by atoms with van der Waals surface area (Å²) < 4.78 is 32.5. The van der Waals surface area contributed by atoms with E-state index < -0.39 is 17.5 Å². The number of hydrogen-bond donors (Lipinski definition) is 1. The molecule has 0 radical (unpaired) electrons. The molecular formula is C17H20F2N2O2. The average Bonchev–Trinajstić information content (AvgIpc) is 3.15. The zero-order chi connectivity index (χ0) is 16.0. The predicted molar refractivity (Wildman–Crippen MR) is 78.7 cm³/mol. The molecule has 0 bridgehead atoms. The molecule has 0 unspecified atom stereocenters. The SMILES string of the molecule is O=C(N[C@H]1[C@@H]2CCO[C@@H]2[C@@H]1C1CCCC1)c1ncc(F)cc1F. The van der Waals surface area contributed by atoms with Crippen molar-refractivity contribution in [3.8, 4) is 0 Å². The lowest BCUT2D eigenvalue weighted by Crippen LogP contribution is -2.63. The summed E-state index contributed by atoms with van der Waals surface area (Å²) in [6, 6.07) is 0.711. The van der Waals surface area contributed by atoms with Crippen molar-refractivity contribution in [1.29, 1.82) is 0 Å². The van der Waals surface area contributed by atoms with Gasteiger partial charge in [-0.1, -0.05) is 25.7 Å². The topological polar surface area (TPSA) is 51.2 Å². The van der Waals surface area contributed by atoms with Crippen molar-refractivity contribution in [2.45, 2.75) is 44.2 Å². The minimum absolute atomic E-state index is 0.0179. The first-order valence-corrected chi connectivity index (χ1v) is 8.38. The van der Waals surface area contributed by atoms with Gasteiger partial charge in [-0.25, -0.2) is 13.8 Å². The highest BCUT2D eigenvalue weighted by Gasteiger charge is 2.57. The first-order valence-electron chi connectivity index (χ1n) is 8.38. The Labute approximate surface area is 133 Å². The maximum Gasteiger partial charge on any atom is 0.273 e. The Morgan fingerprint density at radius 1 is 1.26 bits per heavy atom. The van der Waals surface area contributed by atoms with Crippen LogP contribution in [0.5, 0.6) is 0 Å². The predicted octanol–water partition coefficient (Wildman–Crippen LogP) is 2.68. The third-order valence-corrected chi connectivity index (χ3v) is 5.70. The summed E-state index contributed by atoms with van der Waals surface area (Å²) in [6.07, 6.45) is 6.84. The van der Waals surface area contributed by atoms with Crippen LogP contribution in [0.1, 0.15) is 42.6 Å².